The Balaban J connectivity index is 2.79. The molecule has 0 atom stereocenters. The Bertz CT molecular complexity index is 408. The third-order valence-electron chi connectivity index (χ3n) is 3.52. The van der Waals surface area contributed by atoms with Crippen LogP contribution in [0.5, 0.6) is 5.75 Å². The summed E-state index contributed by atoms with van der Waals surface area (Å²) < 4.78 is 5.93. The summed E-state index contributed by atoms with van der Waals surface area (Å²) >= 11 is 3.58. The van der Waals surface area contributed by atoms with Gasteiger partial charge in [0.15, 0.2) is 0 Å². The highest BCUT2D eigenvalue weighted by molar-refractivity contribution is 9.09. The number of nitrogens with one attached hydrogen (secondary N) is 1. The van der Waals surface area contributed by atoms with Gasteiger partial charge in [0, 0.05) is 17.7 Å². The summed E-state index contributed by atoms with van der Waals surface area (Å²) in [7, 11) is 0. The molecular formula is C15H22BrNO2. The van der Waals surface area contributed by atoms with E-state index in [0.717, 1.165) is 29.6 Å². The molecule has 0 aliphatic heterocycles. The van der Waals surface area contributed by atoms with Crippen molar-refractivity contribution in [2.24, 2.45) is 5.41 Å². The smallest absolute Gasteiger partial charge is 0.221 e. The highest BCUT2D eigenvalue weighted by Gasteiger charge is 2.26. The average molecular weight is 328 g/mol. The summed E-state index contributed by atoms with van der Waals surface area (Å²) in [4.78, 5) is 11.2. The molecular weight excluding hydrogens is 306 g/mol. The number of hydrogen-bond donors (Lipinski definition) is 1. The number of alkyl halides is 1. The van der Waals surface area contributed by atoms with Crippen molar-refractivity contribution in [1.82, 2.24) is 0 Å². The van der Waals surface area contributed by atoms with E-state index >= 15 is 0 Å². The lowest BCUT2D eigenvalue weighted by atomic mass is 9.86. The van der Waals surface area contributed by atoms with Gasteiger partial charge in [-0.25, -0.2) is 0 Å². The summed E-state index contributed by atoms with van der Waals surface area (Å²) in [5.74, 6) is 0.638. The Kier molecular flexibility index (Phi) is 6.35. The predicted molar refractivity (Wildman–Crippen MR) is 83.0 cm³/mol. The number of ether oxygens (including phenoxy) is 1. The van der Waals surface area contributed by atoms with Crippen molar-refractivity contribution >= 4 is 27.5 Å². The summed E-state index contributed by atoms with van der Waals surface area (Å²) in [5.41, 5.74) is 0.870. The van der Waals surface area contributed by atoms with Crippen LogP contribution in [0.1, 0.15) is 33.6 Å². The molecule has 0 bridgehead atoms. The maximum absolute atomic E-state index is 11.2. The van der Waals surface area contributed by atoms with E-state index in [9.17, 15) is 4.79 Å². The molecule has 0 aromatic heterocycles. The van der Waals surface area contributed by atoms with Gasteiger partial charge in [0.05, 0.1) is 12.3 Å². The first-order chi connectivity index (χ1) is 9.06. The molecule has 0 heterocycles. The molecule has 19 heavy (non-hydrogen) atoms. The zero-order chi connectivity index (χ0) is 14.3. The minimum absolute atomic E-state index is 0.0891. The van der Waals surface area contributed by atoms with Crippen molar-refractivity contribution in [2.75, 3.05) is 17.3 Å². The molecule has 3 nitrogen and oxygen atoms in total. The highest BCUT2D eigenvalue weighted by atomic mass is 79.9. The Morgan fingerprint density at radius 3 is 2.47 bits per heavy atom. The lowest BCUT2D eigenvalue weighted by molar-refractivity contribution is -0.114. The van der Waals surface area contributed by atoms with E-state index in [1.807, 2.05) is 24.3 Å². The van der Waals surface area contributed by atoms with Crippen LogP contribution in [0.25, 0.3) is 0 Å². The Hall–Kier alpha value is -1.03. The van der Waals surface area contributed by atoms with Crippen molar-refractivity contribution in [3.05, 3.63) is 24.3 Å². The van der Waals surface area contributed by atoms with Crippen LogP contribution in [0, 0.1) is 5.41 Å². The van der Waals surface area contributed by atoms with Crippen LogP contribution in [0.15, 0.2) is 24.3 Å². The van der Waals surface area contributed by atoms with Crippen LogP contribution < -0.4 is 10.1 Å². The average Bonchev–Trinajstić information content (AvgIpc) is 2.42. The molecule has 1 N–H and O–H groups in total. The van der Waals surface area contributed by atoms with E-state index in [2.05, 4.69) is 35.1 Å². The van der Waals surface area contributed by atoms with Crippen molar-refractivity contribution in [2.45, 2.75) is 33.6 Å². The lowest BCUT2D eigenvalue weighted by Crippen LogP contribution is -2.29. The van der Waals surface area contributed by atoms with Crippen molar-refractivity contribution in [3.8, 4) is 5.75 Å². The van der Waals surface area contributed by atoms with Gasteiger partial charge in [-0.1, -0.05) is 41.9 Å². The fourth-order valence-electron chi connectivity index (χ4n) is 1.80. The molecule has 106 valence electrons. The monoisotopic (exact) mass is 327 g/mol. The van der Waals surface area contributed by atoms with Gasteiger partial charge in [0.2, 0.25) is 5.91 Å². The Labute approximate surface area is 123 Å². The minimum Gasteiger partial charge on any atom is -0.491 e. The predicted octanol–water partition coefficient (Wildman–Crippen LogP) is 4.23. The molecule has 0 saturated carbocycles. The molecule has 0 aliphatic rings. The SMILES string of the molecule is CCC(CC)(CBr)COc1ccccc1NC(C)=O. The zero-order valence-electron chi connectivity index (χ0n) is 11.8. The third-order valence-corrected chi connectivity index (χ3v) is 4.70. The number of amides is 1. The van der Waals surface area contributed by atoms with Crippen molar-refractivity contribution in [1.29, 1.82) is 0 Å². The number of carbonyl (C=O) groups excluding carboxylic acids is 1. The fraction of sp³-hybridized carbons (Fsp3) is 0.533. The van der Waals surface area contributed by atoms with Crippen molar-refractivity contribution < 1.29 is 9.53 Å². The molecule has 0 saturated heterocycles. The molecule has 0 radical (unpaired) electrons. The first kappa shape index (κ1) is 16.0. The summed E-state index contributed by atoms with van der Waals surface area (Å²) in [6, 6.07) is 7.53. The van der Waals surface area contributed by atoms with E-state index in [1.165, 1.54) is 6.92 Å². The van der Waals surface area contributed by atoms with E-state index in [1.54, 1.807) is 0 Å². The molecule has 1 aromatic rings. The topological polar surface area (TPSA) is 38.3 Å². The molecule has 0 unspecified atom stereocenters. The van der Waals surface area contributed by atoms with Gasteiger partial charge in [0.1, 0.15) is 5.75 Å². The second-order valence-corrected chi connectivity index (χ2v) is 5.37. The number of anilines is 1. The van der Waals surface area contributed by atoms with Crippen LogP contribution in [0.4, 0.5) is 5.69 Å². The van der Waals surface area contributed by atoms with Gasteiger partial charge in [0.25, 0.3) is 0 Å². The first-order valence-electron chi connectivity index (χ1n) is 6.62. The van der Waals surface area contributed by atoms with E-state index in [0.29, 0.717) is 6.61 Å². The van der Waals surface area contributed by atoms with Gasteiger partial charge in [-0.15, -0.1) is 0 Å². The van der Waals surface area contributed by atoms with Crippen LogP contribution >= 0.6 is 15.9 Å². The summed E-state index contributed by atoms with van der Waals surface area (Å²) in [6.07, 6.45) is 2.11. The quantitative estimate of drug-likeness (QED) is 0.761. The minimum atomic E-state index is -0.0891. The molecule has 0 spiro atoms. The molecule has 1 rings (SSSR count). The van der Waals surface area contributed by atoms with Crippen LogP contribution in [0.2, 0.25) is 0 Å². The maximum Gasteiger partial charge on any atom is 0.221 e. The van der Waals surface area contributed by atoms with E-state index in [4.69, 9.17) is 4.74 Å². The van der Waals surface area contributed by atoms with Crippen LogP contribution in [-0.2, 0) is 4.79 Å². The second-order valence-electron chi connectivity index (χ2n) is 4.81. The van der Waals surface area contributed by atoms with Gasteiger partial charge in [-0.3, -0.25) is 4.79 Å². The number of rotatable bonds is 7. The van der Waals surface area contributed by atoms with Gasteiger partial charge < -0.3 is 10.1 Å². The van der Waals surface area contributed by atoms with E-state index in [-0.39, 0.29) is 11.3 Å². The maximum atomic E-state index is 11.2. The first-order valence-corrected chi connectivity index (χ1v) is 7.74. The Morgan fingerprint density at radius 2 is 1.95 bits per heavy atom. The largest absolute Gasteiger partial charge is 0.491 e. The standard InChI is InChI=1S/C15H22BrNO2/c1-4-15(5-2,10-16)11-19-14-9-7-6-8-13(14)17-12(3)18/h6-9H,4-5,10-11H2,1-3H3,(H,17,18). The van der Waals surface area contributed by atoms with Gasteiger partial charge in [-0.2, -0.15) is 0 Å². The lowest BCUT2D eigenvalue weighted by Gasteiger charge is -2.29. The molecule has 4 heteroatoms. The van der Waals surface area contributed by atoms with Gasteiger partial charge >= 0.3 is 0 Å². The molecule has 1 aromatic carbocycles. The number of para-hydroxylation sites is 2. The second kappa shape index (κ2) is 7.53. The number of halogens is 1. The number of benzene rings is 1. The van der Waals surface area contributed by atoms with Crippen LogP contribution in [0.3, 0.4) is 0 Å². The fourth-order valence-corrected chi connectivity index (χ4v) is 2.75. The molecule has 0 aliphatic carbocycles. The zero-order valence-corrected chi connectivity index (χ0v) is 13.4. The van der Waals surface area contributed by atoms with E-state index < -0.39 is 0 Å². The highest BCUT2D eigenvalue weighted by Crippen LogP contribution is 2.32. The number of hydrogen-bond acceptors (Lipinski definition) is 2. The molecule has 1 amide bonds. The van der Waals surface area contributed by atoms with Gasteiger partial charge in [-0.05, 0) is 25.0 Å². The number of carbonyl (C=O) groups is 1. The summed E-state index contributed by atoms with van der Waals surface area (Å²) in [5, 5.41) is 3.70. The van der Waals surface area contributed by atoms with Crippen molar-refractivity contribution in [3.63, 3.8) is 0 Å². The third kappa shape index (κ3) is 4.53. The molecule has 0 fully saturated rings. The normalized spacial score (nSPS) is 11.2. The summed E-state index contributed by atoms with van der Waals surface area (Å²) in [6.45, 7) is 6.49. The Morgan fingerprint density at radius 1 is 1.32 bits per heavy atom. The van der Waals surface area contributed by atoms with Crippen LogP contribution in [-0.4, -0.2) is 17.8 Å².